The molecule has 0 N–H and O–H groups in total. The molecular formula is C13H17N3O. The lowest BCUT2D eigenvalue weighted by Crippen LogP contribution is -2.02. The summed E-state index contributed by atoms with van der Waals surface area (Å²) in [6, 6.07) is 2.11. The standard InChI is InChI=1S/C13H17N3O/c1-4-12-10(5-9(2)3)6-11(7-14-12)13-15-8-16-17-13/h6-9H,4-5H2,1-3H3. The summed E-state index contributed by atoms with van der Waals surface area (Å²) in [5, 5.41) is 3.62. The van der Waals surface area contributed by atoms with Crippen LogP contribution in [0.15, 0.2) is 23.1 Å². The van der Waals surface area contributed by atoms with Crippen LogP contribution in [-0.4, -0.2) is 15.1 Å². The second-order valence-corrected chi connectivity index (χ2v) is 4.53. The molecule has 0 aliphatic carbocycles. The summed E-state index contributed by atoms with van der Waals surface area (Å²) in [6.45, 7) is 6.54. The molecular weight excluding hydrogens is 214 g/mol. The topological polar surface area (TPSA) is 51.8 Å². The van der Waals surface area contributed by atoms with Crippen molar-refractivity contribution in [1.82, 2.24) is 15.1 Å². The van der Waals surface area contributed by atoms with E-state index in [0.717, 1.165) is 24.1 Å². The van der Waals surface area contributed by atoms with Crippen molar-refractivity contribution in [1.29, 1.82) is 0 Å². The van der Waals surface area contributed by atoms with Gasteiger partial charge in [-0.3, -0.25) is 4.98 Å². The van der Waals surface area contributed by atoms with Crippen molar-refractivity contribution in [2.24, 2.45) is 5.92 Å². The maximum absolute atomic E-state index is 5.05. The van der Waals surface area contributed by atoms with Gasteiger partial charge in [0.1, 0.15) is 0 Å². The minimum Gasteiger partial charge on any atom is -0.334 e. The van der Waals surface area contributed by atoms with E-state index < -0.39 is 0 Å². The first-order valence-corrected chi connectivity index (χ1v) is 5.95. The Kier molecular flexibility index (Phi) is 3.52. The molecule has 0 aliphatic rings. The lowest BCUT2D eigenvalue weighted by molar-refractivity contribution is 0.430. The number of nitrogens with zero attached hydrogens (tertiary/aromatic N) is 3. The van der Waals surface area contributed by atoms with Crippen LogP contribution < -0.4 is 0 Å². The van der Waals surface area contributed by atoms with Crippen molar-refractivity contribution in [2.75, 3.05) is 0 Å². The van der Waals surface area contributed by atoms with E-state index in [2.05, 4.69) is 42.0 Å². The van der Waals surface area contributed by atoms with Crippen LogP contribution in [-0.2, 0) is 12.8 Å². The summed E-state index contributed by atoms with van der Waals surface area (Å²) in [5.74, 6) is 1.14. The van der Waals surface area contributed by atoms with E-state index in [4.69, 9.17) is 4.52 Å². The zero-order valence-corrected chi connectivity index (χ0v) is 10.5. The average Bonchev–Trinajstić information content (AvgIpc) is 2.81. The molecule has 2 rings (SSSR count). The van der Waals surface area contributed by atoms with Crippen LogP contribution in [0.3, 0.4) is 0 Å². The second-order valence-electron chi connectivity index (χ2n) is 4.53. The Morgan fingerprint density at radius 1 is 1.29 bits per heavy atom. The molecule has 0 fully saturated rings. The van der Waals surface area contributed by atoms with Crippen LogP contribution in [0, 0.1) is 5.92 Å². The van der Waals surface area contributed by atoms with Gasteiger partial charge in [-0.1, -0.05) is 25.9 Å². The Labute approximate surface area is 101 Å². The van der Waals surface area contributed by atoms with E-state index in [9.17, 15) is 0 Å². The molecule has 0 saturated carbocycles. The van der Waals surface area contributed by atoms with Crippen molar-refractivity contribution in [3.05, 3.63) is 29.8 Å². The molecule has 0 saturated heterocycles. The van der Waals surface area contributed by atoms with E-state index in [-0.39, 0.29) is 0 Å². The van der Waals surface area contributed by atoms with E-state index >= 15 is 0 Å². The first kappa shape index (κ1) is 11.8. The summed E-state index contributed by atoms with van der Waals surface area (Å²) in [5.41, 5.74) is 3.33. The van der Waals surface area contributed by atoms with Gasteiger partial charge in [-0.05, 0) is 30.4 Å². The molecule has 0 atom stereocenters. The Balaban J connectivity index is 2.37. The molecule has 0 aliphatic heterocycles. The van der Waals surface area contributed by atoms with Crippen LogP contribution in [0.2, 0.25) is 0 Å². The zero-order valence-electron chi connectivity index (χ0n) is 10.5. The normalized spacial score (nSPS) is 11.1. The molecule has 4 heteroatoms. The van der Waals surface area contributed by atoms with E-state index in [0.29, 0.717) is 11.8 Å². The predicted molar refractivity (Wildman–Crippen MR) is 65.4 cm³/mol. The Morgan fingerprint density at radius 2 is 2.12 bits per heavy atom. The highest BCUT2D eigenvalue weighted by Gasteiger charge is 2.10. The van der Waals surface area contributed by atoms with Crippen LogP contribution in [0.4, 0.5) is 0 Å². The van der Waals surface area contributed by atoms with E-state index in [1.807, 2.05) is 0 Å². The zero-order chi connectivity index (χ0) is 12.3. The highest BCUT2D eigenvalue weighted by Crippen LogP contribution is 2.21. The van der Waals surface area contributed by atoms with Crippen LogP contribution >= 0.6 is 0 Å². The Morgan fingerprint density at radius 3 is 2.71 bits per heavy atom. The third-order valence-corrected chi connectivity index (χ3v) is 2.63. The van der Waals surface area contributed by atoms with Gasteiger partial charge in [-0.2, -0.15) is 4.98 Å². The van der Waals surface area contributed by atoms with Crippen LogP contribution in [0.1, 0.15) is 32.0 Å². The fourth-order valence-electron chi connectivity index (χ4n) is 1.89. The van der Waals surface area contributed by atoms with Gasteiger partial charge in [-0.15, -0.1) is 0 Å². The lowest BCUT2D eigenvalue weighted by atomic mass is 9.99. The molecule has 0 aromatic carbocycles. The molecule has 0 spiro atoms. The molecule has 0 unspecified atom stereocenters. The molecule has 17 heavy (non-hydrogen) atoms. The third-order valence-electron chi connectivity index (χ3n) is 2.63. The molecule has 2 heterocycles. The third kappa shape index (κ3) is 2.70. The fourth-order valence-corrected chi connectivity index (χ4v) is 1.89. The average molecular weight is 231 g/mol. The number of hydrogen-bond donors (Lipinski definition) is 0. The second kappa shape index (κ2) is 5.08. The summed E-state index contributed by atoms with van der Waals surface area (Å²) in [6.07, 6.45) is 5.19. The molecule has 2 aromatic rings. The van der Waals surface area contributed by atoms with Crippen molar-refractivity contribution in [3.63, 3.8) is 0 Å². The Hall–Kier alpha value is -1.71. The smallest absolute Gasteiger partial charge is 0.259 e. The summed E-state index contributed by atoms with van der Waals surface area (Å²) in [4.78, 5) is 8.52. The number of pyridine rings is 1. The highest BCUT2D eigenvalue weighted by molar-refractivity contribution is 5.52. The molecule has 0 radical (unpaired) electrons. The largest absolute Gasteiger partial charge is 0.334 e. The van der Waals surface area contributed by atoms with Gasteiger partial charge in [0.15, 0.2) is 6.33 Å². The summed E-state index contributed by atoms with van der Waals surface area (Å²) < 4.78 is 5.05. The van der Waals surface area contributed by atoms with Gasteiger partial charge in [0, 0.05) is 11.9 Å². The maximum Gasteiger partial charge on any atom is 0.259 e. The first-order valence-electron chi connectivity index (χ1n) is 5.95. The van der Waals surface area contributed by atoms with E-state index in [1.165, 1.54) is 11.9 Å². The molecule has 2 aromatic heterocycles. The van der Waals surface area contributed by atoms with Gasteiger partial charge in [0.25, 0.3) is 5.89 Å². The molecule has 90 valence electrons. The molecule has 0 amide bonds. The van der Waals surface area contributed by atoms with Gasteiger partial charge < -0.3 is 4.52 Å². The van der Waals surface area contributed by atoms with Crippen molar-refractivity contribution < 1.29 is 4.52 Å². The monoisotopic (exact) mass is 231 g/mol. The number of aryl methyl sites for hydroxylation is 1. The number of hydrogen-bond acceptors (Lipinski definition) is 4. The summed E-state index contributed by atoms with van der Waals surface area (Å²) in [7, 11) is 0. The fraction of sp³-hybridized carbons (Fsp3) is 0.462. The molecule has 0 bridgehead atoms. The summed E-state index contributed by atoms with van der Waals surface area (Å²) >= 11 is 0. The van der Waals surface area contributed by atoms with Gasteiger partial charge in [0.05, 0.1) is 5.56 Å². The van der Waals surface area contributed by atoms with Crippen molar-refractivity contribution in [3.8, 4) is 11.5 Å². The van der Waals surface area contributed by atoms with Crippen LogP contribution in [0.25, 0.3) is 11.5 Å². The predicted octanol–water partition coefficient (Wildman–Crippen LogP) is 2.89. The first-order chi connectivity index (χ1) is 8.20. The van der Waals surface area contributed by atoms with Crippen molar-refractivity contribution in [2.45, 2.75) is 33.6 Å². The number of rotatable bonds is 4. The lowest BCUT2D eigenvalue weighted by Gasteiger charge is -2.10. The molecule has 4 nitrogen and oxygen atoms in total. The highest BCUT2D eigenvalue weighted by atomic mass is 16.5. The quantitative estimate of drug-likeness (QED) is 0.811. The number of aromatic nitrogens is 3. The Bertz CT molecular complexity index is 477. The minimum atomic E-state index is 0.533. The van der Waals surface area contributed by atoms with E-state index in [1.54, 1.807) is 6.20 Å². The van der Waals surface area contributed by atoms with Crippen LogP contribution in [0.5, 0.6) is 0 Å². The van der Waals surface area contributed by atoms with Gasteiger partial charge >= 0.3 is 0 Å². The maximum atomic E-state index is 5.05. The SMILES string of the molecule is CCc1ncc(-c2ncno2)cc1CC(C)C. The minimum absolute atomic E-state index is 0.533. The van der Waals surface area contributed by atoms with Gasteiger partial charge in [-0.25, -0.2) is 0 Å². The van der Waals surface area contributed by atoms with Gasteiger partial charge in [0.2, 0.25) is 0 Å². The van der Waals surface area contributed by atoms with Crippen molar-refractivity contribution >= 4 is 0 Å².